The lowest BCUT2D eigenvalue weighted by molar-refractivity contribution is -0.991. The number of allylic oxidation sites excluding steroid dienone is 2. The number of quaternary nitrogens is 1. The van der Waals surface area contributed by atoms with E-state index in [1.165, 1.54) is 0 Å². The second-order valence-electron chi connectivity index (χ2n) is 3.79. The minimum Gasteiger partial charge on any atom is -0.595 e. The van der Waals surface area contributed by atoms with Crippen LogP contribution >= 0.6 is 0 Å². The average molecular weight is 232 g/mol. The fourth-order valence-electron chi connectivity index (χ4n) is 1.77. The van der Waals surface area contributed by atoms with Crippen molar-refractivity contribution in [3.63, 3.8) is 0 Å². The molecular weight excluding hydrogens is 220 g/mol. The number of ether oxygens (including phenoxy) is 1. The van der Waals surface area contributed by atoms with Crippen LogP contribution in [-0.2, 0) is 4.74 Å². The third kappa shape index (κ3) is 2.63. The Kier molecular flexibility index (Phi) is 3.40. The van der Waals surface area contributed by atoms with Gasteiger partial charge in [-0.3, -0.25) is 0 Å². The zero-order chi connectivity index (χ0) is 12.3. The number of hydrogen-bond acceptors (Lipinski definition) is 4. The molecular formula is C12H12N2O3. The normalized spacial score (nSPS) is 21.0. The van der Waals surface area contributed by atoms with Gasteiger partial charge in [0.25, 0.3) is 0 Å². The first kappa shape index (κ1) is 11.6. The standard InChI is InChI=1S/C12H12N2O3/c13-8-11-2-1-3-12(17-11)9-4-6-10(7-5-9)14(15)16/h2,4-7,12,14-15H,1,3H2/t12-/m0/s1. The number of hydrogen-bond donors (Lipinski definition) is 2. The van der Waals surface area contributed by atoms with Crippen LogP contribution in [0, 0.1) is 16.5 Å². The molecule has 0 amide bonds. The quantitative estimate of drug-likeness (QED) is 0.754. The molecule has 0 aliphatic carbocycles. The maximum Gasteiger partial charge on any atom is 0.193 e. The molecule has 5 heteroatoms. The van der Waals surface area contributed by atoms with Crippen LogP contribution in [0.3, 0.4) is 0 Å². The summed E-state index contributed by atoms with van der Waals surface area (Å²) >= 11 is 0. The predicted molar refractivity (Wildman–Crippen MR) is 59.0 cm³/mol. The molecule has 2 atom stereocenters. The van der Waals surface area contributed by atoms with Gasteiger partial charge in [0.15, 0.2) is 11.4 Å². The molecule has 1 heterocycles. The smallest absolute Gasteiger partial charge is 0.193 e. The summed E-state index contributed by atoms with van der Waals surface area (Å²) in [4.78, 5) is 0. The number of rotatable bonds is 2. The van der Waals surface area contributed by atoms with Crippen LogP contribution in [0.1, 0.15) is 24.5 Å². The van der Waals surface area contributed by atoms with Gasteiger partial charge < -0.3 is 9.94 Å². The van der Waals surface area contributed by atoms with Gasteiger partial charge in [-0.1, -0.05) is 0 Å². The van der Waals surface area contributed by atoms with Gasteiger partial charge >= 0.3 is 0 Å². The summed E-state index contributed by atoms with van der Waals surface area (Å²) < 4.78 is 5.47. The number of benzene rings is 1. The molecule has 1 unspecified atom stereocenters. The fourth-order valence-corrected chi connectivity index (χ4v) is 1.77. The molecule has 0 bridgehead atoms. The summed E-state index contributed by atoms with van der Waals surface area (Å²) in [5.41, 5.74) is 1.15. The van der Waals surface area contributed by atoms with Gasteiger partial charge in [0.05, 0.1) is 0 Å². The van der Waals surface area contributed by atoms with Crippen LogP contribution < -0.4 is 5.23 Å². The van der Waals surface area contributed by atoms with E-state index in [4.69, 9.17) is 15.2 Å². The molecule has 0 aromatic heterocycles. The second-order valence-corrected chi connectivity index (χ2v) is 3.79. The Balaban J connectivity index is 2.13. The van der Waals surface area contributed by atoms with E-state index in [0.717, 1.165) is 18.4 Å². The van der Waals surface area contributed by atoms with Crippen molar-refractivity contribution in [3.05, 3.63) is 46.9 Å². The first-order valence-electron chi connectivity index (χ1n) is 5.31. The predicted octanol–water partition coefficient (Wildman–Crippen LogP) is 1.35. The maximum atomic E-state index is 10.7. The lowest BCUT2D eigenvalue weighted by Gasteiger charge is -2.22. The number of nitrogens with zero attached hydrogens (tertiary/aromatic N) is 1. The zero-order valence-corrected chi connectivity index (χ0v) is 9.09. The van der Waals surface area contributed by atoms with Crippen LogP contribution in [0.15, 0.2) is 36.1 Å². The Morgan fingerprint density at radius 2 is 2.12 bits per heavy atom. The van der Waals surface area contributed by atoms with Gasteiger partial charge in [-0.2, -0.15) is 10.5 Å². The third-order valence-electron chi connectivity index (χ3n) is 2.67. The molecule has 5 nitrogen and oxygen atoms in total. The monoisotopic (exact) mass is 232 g/mol. The van der Waals surface area contributed by atoms with Crippen LogP contribution in [-0.4, -0.2) is 5.21 Å². The highest BCUT2D eigenvalue weighted by atomic mass is 16.8. The largest absolute Gasteiger partial charge is 0.595 e. The van der Waals surface area contributed by atoms with Crippen molar-refractivity contribution in [2.45, 2.75) is 18.9 Å². The SMILES string of the molecule is N#CC1=CCC[C@@H](c2ccc([NH+]([O-])O)cc2)O1. The highest BCUT2D eigenvalue weighted by Gasteiger charge is 2.18. The Hall–Kier alpha value is -1.87. The van der Waals surface area contributed by atoms with E-state index in [9.17, 15) is 5.21 Å². The first-order valence-corrected chi connectivity index (χ1v) is 5.31. The molecule has 0 saturated carbocycles. The summed E-state index contributed by atoms with van der Waals surface area (Å²) in [5, 5.41) is 27.3. The van der Waals surface area contributed by atoms with Crippen molar-refractivity contribution in [1.29, 1.82) is 5.26 Å². The number of nitriles is 1. The highest BCUT2D eigenvalue weighted by Crippen LogP contribution is 2.29. The summed E-state index contributed by atoms with van der Waals surface area (Å²) in [6.07, 6.45) is 3.21. The Labute approximate surface area is 98.7 Å². The molecule has 88 valence electrons. The van der Waals surface area contributed by atoms with E-state index in [1.54, 1.807) is 30.3 Å². The molecule has 1 aliphatic rings. The van der Waals surface area contributed by atoms with Gasteiger partial charge in [-0.25, -0.2) is 5.21 Å². The molecule has 0 saturated heterocycles. The van der Waals surface area contributed by atoms with Gasteiger partial charge in [-0.05, 0) is 36.6 Å². The van der Waals surface area contributed by atoms with E-state index >= 15 is 0 Å². The van der Waals surface area contributed by atoms with Gasteiger partial charge in [0.2, 0.25) is 0 Å². The van der Waals surface area contributed by atoms with Gasteiger partial charge in [-0.15, -0.1) is 0 Å². The minimum atomic E-state index is -0.946. The summed E-state index contributed by atoms with van der Waals surface area (Å²) in [5.74, 6) is 0.337. The van der Waals surface area contributed by atoms with Gasteiger partial charge in [0.1, 0.15) is 12.2 Å². The molecule has 0 fully saturated rings. The van der Waals surface area contributed by atoms with Crippen LogP contribution in [0.2, 0.25) is 0 Å². The summed E-state index contributed by atoms with van der Waals surface area (Å²) in [6.45, 7) is 0. The maximum absolute atomic E-state index is 10.7. The minimum absolute atomic E-state index is 0.155. The van der Waals surface area contributed by atoms with E-state index in [1.807, 2.05) is 6.07 Å². The second kappa shape index (κ2) is 4.97. The summed E-state index contributed by atoms with van der Waals surface area (Å²) in [7, 11) is 0. The van der Waals surface area contributed by atoms with E-state index in [0.29, 0.717) is 5.76 Å². The van der Waals surface area contributed by atoms with Crippen molar-refractivity contribution >= 4 is 5.69 Å². The Morgan fingerprint density at radius 1 is 1.41 bits per heavy atom. The Bertz CT molecular complexity index is 460. The summed E-state index contributed by atoms with van der Waals surface area (Å²) in [6, 6.07) is 8.53. The van der Waals surface area contributed by atoms with Gasteiger partial charge in [0, 0.05) is 12.1 Å². The van der Waals surface area contributed by atoms with E-state index < -0.39 is 5.23 Å². The Morgan fingerprint density at radius 3 is 2.71 bits per heavy atom. The average Bonchev–Trinajstić information content (AvgIpc) is 2.39. The lowest BCUT2D eigenvalue weighted by atomic mass is 10.0. The zero-order valence-electron chi connectivity index (χ0n) is 9.09. The topological polar surface area (TPSA) is 80.8 Å². The molecule has 0 radical (unpaired) electrons. The molecule has 2 rings (SSSR count). The molecule has 0 spiro atoms. The van der Waals surface area contributed by atoms with Crippen molar-refractivity contribution in [2.24, 2.45) is 0 Å². The molecule has 17 heavy (non-hydrogen) atoms. The van der Waals surface area contributed by atoms with Crippen LogP contribution in [0.5, 0.6) is 0 Å². The lowest BCUT2D eigenvalue weighted by Crippen LogP contribution is -2.99. The molecule has 2 N–H and O–H groups in total. The fraction of sp³-hybridized carbons (Fsp3) is 0.250. The third-order valence-corrected chi connectivity index (χ3v) is 2.67. The van der Waals surface area contributed by atoms with Crippen molar-refractivity contribution in [3.8, 4) is 6.07 Å². The van der Waals surface area contributed by atoms with Crippen molar-refractivity contribution in [2.75, 3.05) is 0 Å². The van der Waals surface area contributed by atoms with E-state index in [2.05, 4.69) is 0 Å². The molecule has 1 aromatic carbocycles. The van der Waals surface area contributed by atoms with Crippen LogP contribution in [0.4, 0.5) is 5.69 Å². The first-order chi connectivity index (χ1) is 8.20. The molecule has 1 aromatic rings. The highest BCUT2D eigenvalue weighted by molar-refractivity contribution is 5.34. The molecule has 1 aliphatic heterocycles. The van der Waals surface area contributed by atoms with Crippen LogP contribution in [0.25, 0.3) is 0 Å². The van der Waals surface area contributed by atoms with Crippen molar-refractivity contribution in [1.82, 2.24) is 0 Å². The van der Waals surface area contributed by atoms with Crippen molar-refractivity contribution < 1.29 is 15.2 Å². The van der Waals surface area contributed by atoms with E-state index in [-0.39, 0.29) is 11.8 Å². The number of nitrogens with one attached hydrogen (secondary N) is 1.